The molecule has 7 nitrogen and oxygen atoms in total. The van der Waals surface area contributed by atoms with Crippen LogP contribution in [0.3, 0.4) is 0 Å². The number of ether oxygens (including phenoxy) is 1. The standard InChI is InChI=1S/C12H16N2O5S/c1-10-9-19-5-6-20(17,18)13(10)8-11-3-2-4-12(7-11)14(15)16/h2-4,7,10H,5-6,8-9H2,1H3/t10-/m0/s1. The number of benzene rings is 1. The zero-order valence-corrected chi connectivity index (χ0v) is 11.9. The van der Waals surface area contributed by atoms with Crippen molar-refractivity contribution in [1.82, 2.24) is 4.31 Å². The molecular weight excluding hydrogens is 284 g/mol. The maximum Gasteiger partial charge on any atom is 0.269 e. The third-order valence-electron chi connectivity index (χ3n) is 3.15. The molecule has 1 aromatic rings. The van der Waals surface area contributed by atoms with Crippen molar-refractivity contribution >= 4 is 15.7 Å². The molecule has 0 N–H and O–H groups in total. The van der Waals surface area contributed by atoms with E-state index in [4.69, 9.17) is 4.74 Å². The summed E-state index contributed by atoms with van der Waals surface area (Å²) in [5.74, 6) is -0.0632. The van der Waals surface area contributed by atoms with Crippen LogP contribution in [0.15, 0.2) is 24.3 Å². The molecule has 20 heavy (non-hydrogen) atoms. The lowest BCUT2D eigenvalue weighted by molar-refractivity contribution is -0.384. The van der Waals surface area contributed by atoms with E-state index in [1.54, 1.807) is 19.1 Å². The van der Waals surface area contributed by atoms with Crippen LogP contribution in [0.4, 0.5) is 5.69 Å². The van der Waals surface area contributed by atoms with Gasteiger partial charge < -0.3 is 4.74 Å². The fourth-order valence-corrected chi connectivity index (χ4v) is 3.61. The number of nitro groups is 1. The lowest BCUT2D eigenvalue weighted by atomic mass is 10.2. The average Bonchev–Trinajstić information content (AvgIpc) is 2.52. The van der Waals surface area contributed by atoms with Gasteiger partial charge in [-0.3, -0.25) is 10.1 Å². The maximum absolute atomic E-state index is 12.1. The number of nitro benzene ring substituents is 1. The van der Waals surface area contributed by atoms with Crippen LogP contribution in [0, 0.1) is 10.1 Å². The van der Waals surface area contributed by atoms with Gasteiger partial charge in [0.2, 0.25) is 10.0 Å². The summed E-state index contributed by atoms with van der Waals surface area (Å²) in [5.41, 5.74) is 0.551. The molecule has 8 heteroatoms. The highest BCUT2D eigenvalue weighted by Crippen LogP contribution is 2.20. The lowest BCUT2D eigenvalue weighted by Crippen LogP contribution is -2.39. The van der Waals surface area contributed by atoms with E-state index in [-0.39, 0.29) is 30.6 Å². The first-order valence-corrected chi connectivity index (χ1v) is 7.81. The lowest BCUT2D eigenvalue weighted by Gasteiger charge is -2.25. The van der Waals surface area contributed by atoms with Gasteiger partial charge in [-0.15, -0.1) is 0 Å². The zero-order valence-electron chi connectivity index (χ0n) is 11.1. The first-order chi connectivity index (χ1) is 9.40. The first kappa shape index (κ1) is 14.9. The second-order valence-corrected chi connectivity index (χ2v) is 6.75. The zero-order chi connectivity index (χ0) is 14.8. The van der Waals surface area contributed by atoms with Gasteiger partial charge in [-0.05, 0) is 12.5 Å². The summed E-state index contributed by atoms with van der Waals surface area (Å²) in [6.45, 7) is 2.39. The molecule has 1 fully saturated rings. The van der Waals surface area contributed by atoms with Crippen LogP contribution in [0.5, 0.6) is 0 Å². The Morgan fingerprint density at radius 1 is 1.50 bits per heavy atom. The summed E-state index contributed by atoms with van der Waals surface area (Å²) in [6, 6.07) is 5.72. The second kappa shape index (κ2) is 5.86. The van der Waals surface area contributed by atoms with Crippen molar-refractivity contribution in [2.75, 3.05) is 19.0 Å². The first-order valence-electron chi connectivity index (χ1n) is 6.21. The number of hydrogen-bond acceptors (Lipinski definition) is 5. The van der Waals surface area contributed by atoms with Gasteiger partial charge >= 0.3 is 0 Å². The average molecular weight is 300 g/mol. The number of non-ortho nitro benzene ring substituents is 1. The summed E-state index contributed by atoms with van der Waals surface area (Å²) in [6.07, 6.45) is 0. The van der Waals surface area contributed by atoms with Crippen LogP contribution >= 0.6 is 0 Å². The second-order valence-electron chi connectivity index (χ2n) is 4.71. The van der Waals surface area contributed by atoms with Crippen LogP contribution in [-0.2, 0) is 21.3 Å². The summed E-state index contributed by atoms with van der Waals surface area (Å²) in [4.78, 5) is 10.3. The number of sulfonamides is 1. The SMILES string of the molecule is C[C@H]1COCCS(=O)(=O)N1Cc1cccc([N+](=O)[O-])c1. The predicted molar refractivity (Wildman–Crippen MR) is 72.7 cm³/mol. The Morgan fingerprint density at radius 2 is 2.25 bits per heavy atom. The smallest absolute Gasteiger partial charge is 0.269 e. The van der Waals surface area contributed by atoms with Crippen LogP contribution in [0.25, 0.3) is 0 Å². The summed E-state index contributed by atoms with van der Waals surface area (Å²) in [5, 5.41) is 10.7. The third kappa shape index (κ3) is 3.33. The largest absolute Gasteiger partial charge is 0.379 e. The summed E-state index contributed by atoms with van der Waals surface area (Å²) >= 11 is 0. The third-order valence-corrected chi connectivity index (χ3v) is 5.04. The van der Waals surface area contributed by atoms with Crippen molar-refractivity contribution in [1.29, 1.82) is 0 Å². The Labute approximate surface area is 117 Å². The van der Waals surface area contributed by atoms with Crippen molar-refractivity contribution in [2.45, 2.75) is 19.5 Å². The van der Waals surface area contributed by atoms with Gasteiger partial charge in [0.1, 0.15) is 0 Å². The molecule has 1 aromatic carbocycles. The molecule has 0 amide bonds. The van der Waals surface area contributed by atoms with Crippen molar-refractivity contribution in [3.63, 3.8) is 0 Å². The van der Waals surface area contributed by atoms with Crippen LogP contribution in [0.1, 0.15) is 12.5 Å². The van der Waals surface area contributed by atoms with Crippen LogP contribution in [-0.4, -0.2) is 42.7 Å². The molecule has 0 radical (unpaired) electrons. The minimum absolute atomic E-state index is 0.0429. The van der Waals surface area contributed by atoms with E-state index < -0.39 is 14.9 Å². The monoisotopic (exact) mass is 300 g/mol. The molecule has 110 valence electrons. The summed E-state index contributed by atoms with van der Waals surface area (Å²) < 4.78 is 30.9. The molecule has 0 unspecified atom stereocenters. The molecule has 0 aromatic heterocycles. The van der Waals surface area contributed by atoms with Crippen molar-refractivity contribution in [3.8, 4) is 0 Å². The number of nitrogens with zero attached hydrogens (tertiary/aromatic N) is 2. The molecule has 1 aliphatic heterocycles. The van der Waals surface area contributed by atoms with Crippen molar-refractivity contribution in [2.24, 2.45) is 0 Å². The molecule has 0 bridgehead atoms. The Balaban J connectivity index is 2.26. The molecule has 1 atom stereocenters. The van der Waals surface area contributed by atoms with Gasteiger partial charge in [0.05, 0.1) is 23.9 Å². The highest BCUT2D eigenvalue weighted by Gasteiger charge is 2.30. The topological polar surface area (TPSA) is 89.8 Å². The van der Waals surface area contributed by atoms with E-state index in [1.165, 1.54) is 16.4 Å². The van der Waals surface area contributed by atoms with Crippen LogP contribution < -0.4 is 0 Å². The van der Waals surface area contributed by atoms with Gasteiger partial charge in [-0.1, -0.05) is 12.1 Å². The van der Waals surface area contributed by atoms with Gasteiger partial charge in [0, 0.05) is 24.7 Å². The Kier molecular flexibility index (Phi) is 4.36. The minimum Gasteiger partial charge on any atom is -0.379 e. The molecule has 1 heterocycles. The van der Waals surface area contributed by atoms with Crippen molar-refractivity contribution in [3.05, 3.63) is 39.9 Å². The minimum atomic E-state index is -3.40. The van der Waals surface area contributed by atoms with Gasteiger partial charge in [-0.2, -0.15) is 4.31 Å². The van der Waals surface area contributed by atoms with Gasteiger partial charge in [0.25, 0.3) is 5.69 Å². The fraction of sp³-hybridized carbons (Fsp3) is 0.500. The van der Waals surface area contributed by atoms with Crippen molar-refractivity contribution < 1.29 is 18.1 Å². The Hall–Kier alpha value is -1.51. The molecule has 1 saturated heterocycles. The van der Waals surface area contributed by atoms with E-state index in [0.29, 0.717) is 12.2 Å². The van der Waals surface area contributed by atoms with Crippen LogP contribution in [0.2, 0.25) is 0 Å². The Bertz CT molecular complexity index is 602. The van der Waals surface area contributed by atoms with E-state index >= 15 is 0 Å². The molecule has 0 saturated carbocycles. The normalized spacial score (nSPS) is 23.1. The molecule has 1 aliphatic rings. The van der Waals surface area contributed by atoms with E-state index in [0.717, 1.165) is 0 Å². The molecule has 2 rings (SSSR count). The van der Waals surface area contributed by atoms with E-state index in [2.05, 4.69) is 0 Å². The Morgan fingerprint density at radius 3 is 2.95 bits per heavy atom. The van der Waals surface area contributed by atoms with E-state index in [9.17, 15) is 18.5 Å². The highest BCUT2D eigenvalue weighted by molar-refractivity contribution is 7.89. The predicted octanol–water partition coefficient (Wildman–Crippen LogP) is 1.15. The van der Waals surface area contributed by atoms with Gasteiger partial charge in [0.15, 0.2) is 0 Å². The quantitative estimate of drug-likeness (QED) is 0.617. The maximum atomic E-state index is 12.1. The number of rotatable bonds is 3. The van der Waals surface area contributed by atoms with E-state index in [1.807, 2.05) is 0 Å². The number of hydrogen-bond donors (Lipinski definition) is 0. The molecule has 0 spiro atoms. The van der Waals surface area contributed by atoms with Gasteiger partial charge in [-0.25, -0.2) is 8.42 Å². The fourth-order valence-electron chi connectivity index (χ4n) is 2.10. The highest BCUT2D eigenvalue weighted by atomic mass is 32.2. The summed E-state index contributed by atoms with van der Waals surface area (Å²) in [7, 11) is -3.40. The molecule has 0 aliphatic carbocycles. The molecular formula is C12H16N2O5S.